The maximum Gasteiger partial charge on any atom is 0.372 e. The van der Waals surface area contributed by atoms with Gasteiger partial charge in [-0.3, -0.25) is 0 Å². The van der Waals surface area contributed by atoms with Gasteiger partial charge in [0, 0.05) is 17.5 Å². The monoisotopic (exact) mass is 289 g/mol. The van der Waals surface area contributed by atoms with Crippen molar-refractivity contribution in [2.24, 2.45) is 5.92 Å². The van der Waals surface area contributed by atoms with Gasteiger partial charge in [-0.05, 0) is 31.4 Å². The van der Waals surface area contributed by atoms with Gasteiger partial charge in [-0.25, -0.2) is 4.79 Å². The fourth-order valence-electron chi connectivity index (χ4n) is 2.81. The highest BCUT2D eigenvalue weighted by molar-refractivity contribution is 5.94. The van der Waals surface area contributed by atoms with Crippen molar-refractivity contribution in [3.05, 3.63) is 35.6 Å². The van der Waals surface area contributed by atoms with Gasteiger partial charge < -0.3 is 19.6 Å². The molecule has 0 spiro atoms. The van der Waals surface area contributed by atoms with Crippen molar-refractivity contribution in [1.82, 2.24) is 5.32 Å². The number of hydrogen-bond donors (Lipinski definition) is 2. The van der Waals surface area contributed by atoms with Gasteiger partial charge in [-0.1, -0.05) is 18.2 Å². The lowest BCUT2D eigenvalue weighted by molar-refractivity contribution is 0.0630. The van der Waals surface area contributed by atoms with Gasteiger partial charge in [-0.15, -0.1) is 0 Å². The van der Waals surface area contributed by atoms with E-state index >= 15 is 0 Å². The summed E-state index contributed by atoms with van der Waals surface area (Å²) in [5.41, 5.74) is 1.22. The van der Waals surface area contributed by atoms with Crippen LogP contribution >= 0.6 is 0 Å². The first kappa shape index (κ1) is 14.1. The van der Waals surface area contributed by atoms with Gasteiger partial charge in [0.2, 0.25) is 5.76 Å². The van der Waals surface area contributed by atoms with Crippen LogP contribution in [-0.4, -0.2) is 30.8 Å². The van der Waals surface area contributed by atoms with Crippen LogP contribution in [0.2, 0.25) is 0 Å². The minimum absolute atomic E-state index is 0.0158. The molecule has 112 valence electrons. The third kappa shape index (κ3) is 3.09. The van der Waals surface area contributed by atoms with E-state index in [4.69, 9.17) is 9.15 Å². The molecular formula is C16H19NO4. The molecule has 21 heavy (non-hydrogen) atoms. The summed E-state index contributed by atoms with van der Waals surface area (Å²) in [5.74, 6) is -0.563. The Morgan fingerprint density at radius 3 is 3.05 bits per heavy atom. The molecule has 1 saturated heterocycles. The van der Waals surface area contributed by atoms with Crippen molar-refractivity contribution in [1.29, 1.82) is 0 Å². The van der Waals surface area contributed by atoms with Crippen LogP contribution in [0, 0.1) is 5.92 Å². The molecule has 1 aromatic heterocycles. The average Bonchev–Trinajstić information content (AvgIpc) is 2.88. The summed E-state index contributed by atoms with van der Waals surface area (Å²) < 4.78 is 11.2. The van der Waals surface area contributed by atoms with Crippen molar-refractivity contribution in [3.8, 4) is 0 Å². The number of carbonyl (C=O) groups is 1. The lowest BCUT2D eigenvalue weighted by atomic mass is 10.0. The SMILES string of the molecule is O=C(O)c1oc2ccccc2c1COCC1CCCNC1. The van der Waals surface area contributed by atoms with Crippen molar-refractivity contribution in [3.63, 3.8) is 0 Å². The van der Waals surface area contributed by atoms with Crippen LogP contribution in [0.4, 0.5) is 0 Å². The van der Waals surface area contributed by atoms with Crippen molar-refractivity contribution >= 4 is 16.9 Å². The lowest BCUT2D eigenvalue weighted by Crippen LogP contribution is -2.32. The maximum absolute atomic E-state index is 11.3. The molecule has 1 aromatic carbocycles. The van der Waals surface area contributed by atoms with E-state index in [1.54, 1.807) is 6.07 Å². The fraction of sp³-hybridized carbons (Fsp3) is 0.438. The van der Waals surface area contributed by atoms with Crippen LogP contribution in [0.1, 0.15) is 29.0 Å². The van der Waals surface area contributed by atoms with Crippen LogP contribution in [0.3, 0.4) is 0 Å². The molecule has 2 N–H and O–H groups in total. The number of carboxylic acid groups (broad SMARTS) is 1. The van der Waals surface area contributed by atoms with Crippen LogP contribution in [0.15, 0.2) is 28.7 Å². The molecule has 5 heteroatoms. The van der Waals surface area contributed by atoms with E-state index < -0.39 is 5.97 Å². The van der Waals surface area contributed by atoms with Crippen LogP contribution < -0.4 is 5.32 Å². The molecule has 1 fully saturated rings. The van der Waals surface area contributed by atoms with Gasteiger partial charge >= 0.3 is 5.97 Å². The first-order valence-electron chi connectivity index (χ1n) is 7.28. The van der Waals surface area contributed by atoms with Crippen LogP contribution in [0.25, 0.3) is 11.0 Å². The Labute approximate surface area is 122 Å². The number of carboxylic acids is 1. The smallest absolute Gasteiger partial charge is 0.372 e. The normalized spacial score (nSPS) is 19.0. The zero-order valence-corrected chi connectivity index (χ0v) is 11.8. The Kier molecular flexibility index (Phi) is 4.22. The standard InChI is InChI=1S/C16H19NO4/c18-16(19)15-13(12-5-1-2-6-14(12)21-15)10-20-9-11-4-3-7-17-8-11/h1-2,5-6,11,17H,3-4,7-10H2,(H,18,19). The molecule has 2 heterocycles. The topological polar surface area (TPSA) is 71.7 Å². The number of fused-ring (bicyclic) bond motifs is 1. The van der Waals surface area contributed by atoms with Gasteiger partial charge in [0.05, 0.1) is 13.2 Å². The molecule has 0 saturated carbocycles. The van der Waals surface area contributed by atoms with Crippen LogP contribution in [0.5, 0.6) is 0 Å². The highest BCUT2D eigenvalue weighted by Crippen LogP contribution is 2.27. The van der Waals surface area contributed by atoms with E-state index in [1.165, 1.54) is 6.42 Å². The molecule has 0 amide bonds. The average molecular weight is 289 g/mol. The summed E-state index contributed by atoms with van der Waals surface area (Å²) in [6.07, 6.45) is 2.33. The summed E-state index contributed by atoms with van der Waals surface area (Å²) in [4.78, 5) is 11.3. The molecular weight excluding hydrogens is 270 g/mol. The number of ether oxygens (including phenoxy) is 1. The number of hydrogen-bond acceptors (Lipinski definition) is 4. The molecule has 3 rings (SSSR count). The van der Waals surface area contributed by atoms with Gasteiger partial charge in [-0.2, -0.15) is 0 Å². The van der Waals surface area contributed by atoms with Crippen molar-refractivity contribution in [2.45, 2.75) is 19.4 Å². The first-order valence-corrected chi connectivity index (χ1v) is 7.28. The van der Waals surface area contributed by atoms with Gasteiger partial charge in [0.1, 0.15) is 5.58 Å². The largest absolute Gasteiger partial charge is 0.475 e. The maximum atomic E-state index is 11.3. The Hall–Kier alpha value is -1.85. The van der Waals surface area contributed by atoms with E-state index in [9.17, 15) is 9.90 Å². The number of para-hydroxylation sites is 1. The zero-order chi connectivity index (χ0) is 14.7. The molecule has 1 unspecified atom stereocenters. The molecule has 1 aliphatic rings. The number of aromatic carboxylic acids is 1. The molecule has 0 bridgehead atoms. The number of rotatable bonds is 5. The third-order valence-electron chi connectivity index (χ3n) is 3.89. The Bertz CT molecular complexity index is 628. The lowest BCUT2D eigenvalue weighted by Gasteiger charge is -2.22. The second-order valence-corrected chi connectivity index (χ2v) is 5.44. The number of furan rings is 1. The Balaban J connectivity index is 1.72. The second-order valence-electron chi connectivity index (χ2n) is 5.44. The quantitative estimate of drug-likeness (QED) is 0.885. The highest BCUT2D eigenvalue weighted by atomic mass is 16.5. The molecule has 0 aliphatic carbocycles. The predicted octanol–water partition coefficient (Wildman–Crippen LogP) is 2.65. The summed E-state index contributed by atoms with van der Waals surface area (Å²) in [6.45, 7) is 2.96. The fourth-order valence-corrected chi connectivity index (χ4v) is 2.81. The van der Waals surface area contributed by atoms with Crippen LogP contribution in [-0.2, 0) is 11.3 Å². The van der Waals surface area contributed by atoms with E-state index in [0.717, 1.165) is 24.9 Å². The molecule has 1 atom stereocenters. The Morgan fingerprint density at radius 2 is 2.29 bits per heavy atom. The first-order chi connectivity index (χ1) is 10.3. The minimum Gasteiger partial charge on any atom is -0.475 e. The van der Waals surface area contributed by atoms with Gasteiger partial charge in [0.15, 0.2) is 0 Å². The minimum atomic E-state index is -1.05. The van der Waals surface area contributed by atoms with E-state index in [0.29, 0.717) is 23.7 Å². The molecule has 5 nitrogen and oxygen atoms in total. The molecule has 0 radical (unpaired) electrons. The van der Waals surface area contributed by atoms with E-state index in [2.05, 4.69) is 5.32 Å². The van der Waals surface area contributed by atoms with E-state index in [1.807, 2.05) is 18.2 Å². The molecule has 2 aromatic rings. The number of benzene rings is 1. The summed E-state index contributed by atoms with van der Waals surface area (Å²) >= 11 is 0. The Morgan fingerprint density at radius 1 is 1.43 bits per heavy atom. The van der Waals surface area contributed by atoms with Crippen molar-refractivity contribution in [2.75, 3.05) is 19.7 Å². The predicted molar refractivity (Wildman–Crippen MR) is 78.4 cm³/mol. The van der Waals surface area contributed by atoms with Gasteiger partial charge in [0.25, 0.3) is 0 Å². The second kappa shape index (κ2) is 6.28. The summed E-state index contributed by atoms with van der Waals surface area (Å²) in [7, 11) is 0. The highest BCUT2D eigenvalue weighted by Gasteiger charge is 2.20. The number of nitrogens with one attached hydrogen (secondary N) is 1. The van der Waals surface area contributed by atoms with E-state index in [-0.39, 0.29) is 12.4 Å². The van der Waals surface area contributed by atoms with Crippen molar-refractivity contribution < 1.29 is 19.1 Å². The molecule has 1 aliphatic heterocycles. The zero-order valence-electron chi connectivity index (χ0n) is 11.8. The third-order valence-corrected chi connectivity index (χ3v) is 3.89. The number of piperidine rings is 1. The summed E-state index contributed by atoms with van der Waals surface area (Å²) in [6, 6.07) is 7.34. The summed E-state index contributed by atoms with van der Waals surface area (Å²) in [5, 5.41) is 13.4.